The van der Waals surface area contributed by atoms with Crippen molar-refractivity contribution in [3.63, 3.8) is 0 Å². The second kappa shape index (κ2) is 7.25. The van der Waals surface area contributed by atoms with Crippen LogP contribution in [0.3, 0.4) is 0 Å². The molecule has 8 nitrogen and oxygen atoms in total. The number of nitrogens with one attached hydrogen (secondary N) is 1. The molecule has 0 atom stereocenters. The van der Waals surface area contributed by atoms with Crippen molar-refractivity contribution in [2.24, 2.45) is 5.14 Å². The molecule has 0 aromatic heterocycles. The first-order valence-electron chi connectivity index (χ1n) is 5.72. The molecule has 2 amide bonds. The summed E-state index contributed by atoms with van der Waals surface area (Å²) in [4.78, 5) is 23.7. The van der Waals surface area contributed by atoms with Gasteiger partial charge in [-0.2, -0.15) is 0 Å². The van der Waals surface area contributed by atoms with E-state index in [2.05, 4.69) is 5.32 Å². The van der Waals surface area contributed by atoms with Crippen LogP contribution >= 0.6 is 11.6 Å². The standard InChI is InChI=1S/C11H14ClN3O5S/c12-8-1-3-9(4-2-8)15(7-10(16)17)11(18)14-5-6-21(13,19)20/h1-4H,5-7H2,(H,14,18)(H,16,17)(H2,13,19,20). The summed E-state index contributed by atoms with van der Waals surface area (Å²) < 4.78 is 21.5. The molecular formula is C11H14ClN3O5S. The Hall–Kier alpha value is -1.84. The third-order valence-electron chi connectivity index (χ3n) is 2.34. The maximum absolute atomic E-state index is 11.9. The predicted molar refractivity (Wildman–Crippen MR) is 77.8 cm³/mol. The van der Waals surface area contributed by atoms with Gasteiger partial charge in [-0.1, -0.05) is 11.6 Å². The van der Waals surface area contributed by atoms with Crippen LogP contribution in [-0.4, -0.2) is 44.4 Å². The Kier molecular flexibility index (Phi) is 5.94. The zero-order valence-electron chi connectivity index (χ0n) is 10.8. The first kappa shape index (κ1) is 17.2. The molecular weight excluding hydrogens is 322 g/mol. The van der Waals surface area contributed by atoms with Crippen LogP contribution in [0.5, 0.6) is 0 Å². The van der Waals surface area contributed by atoms with Crippen LogP contribution in [0.4, 0.5) is 10.5 Å². The summed E-state index contributed by atoms with van der Waals surface area (Å²) in [6.45, 7) is -0.801. The van der Waals surface area contributed by atoms with Crippen LogP contribution in [0.15, 0.2) is 24.3 Å². The second-order valence-corrected chi connectivity index (χ2v) is 6.23. The van der Waals surface area contributed by atoms with Crippen LogP contribution < -0.4 is 15.4 Å². The summed E-state index contributed by atoms with van der Waals surface area (Å²) >= 11 is 5.72. The van der Waals surface area contributed by atoms with Gasteiger partial charge in [-0.3, -0.25) is 9.69 Å². The third kappa shape index (κ3) is 6.43. The molecule has 1 aromatic rings. The molecule has 1 rings (SSSR count). The van der Waals surface area contributed by atoms with Gasteiger partial charge in [0.05, 0.1) is 5.75 Å². The van der Waals surface area contributed by atoms with Gasteiger partial charge in [-0.05, 0) is 24.3 Å². The fourth-order valence-electron chi connectivity index (χ4n) is 1.43. The van der Waals surface area contributed by atoms with Crippen molar-refractivity contribution in [2.45, 2.75) is 0 Å². The summed E-state index contributed by atoms with van der Waals surface area (Å²) in [5.41, 5.74) is 0.315. The summed E-state index contributed by atoms with van der Waals surface area (Å²) in [6.07, 6.45) is 0. The first-order valence-corrected chi connectivity index (χ1v) is 7.81. The number of primary sulfonamides is 1. The minimum absolute atomic E-state index is 0.221. The summed E-state index contributed by atoms with van der Waals surface area (Å²) in [5, 5.41) is 16.4. The van der Waals surface area contributed by atoms with E-state index in [4.69, 9.17) is 21.8 Å². The van der Waals surface area contributed by atoms with Gasteiger partial charge in [0.25, 0.3) is 0 Å². The Balaban J connectivity index is 2.79. The normalized spacial score (nSPS) is 11.0. The molecule has 0 radical (unpaired) electrons. The monoisotopic (exact) mass is 335 g/mol. The van der Waals surface area contributed by atoms with Gasteiger partial charge in [0.15, 0.2) is 0 Å². The van der Waals surface area contributed by atoms with Crippen molar-refractivity contribution in [3.8, 4) is 0 Å². The van der Waals surface area contributed by atoms with E-state index >= 15 is 0 Å². The lowest BCUT2D eigenvalue weighted by Crippen LogP contribution is -2.44. The molecule has 0 aliphatic heterocycles. The Morgan fingerprint density at radius 1 is 1.29 bits per heavy atom. The molecule has 10 heteroatoms. The molecule has 0 heterocycles. The number of carboxylic acid groups (broad SMARTS) is 1. The quantitative estimate of drug-likeness (QED) is 0.685. The van der Waals surface area contributed by atoms with E-state index in [0.717, 1.165) is 4.90 Å². The largest absolute Gasteiger partial charge is 0.480 e. The molecule has 0 aliphatic rings. The molecule has 0 saturated heterocycles. The van der Waals surface area contributed by atoms with Crippen molar-refractivity contribution in [1.29, 1.82) is 0 Å². The molecule has 0 aliphatic carbocycles. The van der Waals surface area contributed by atoms with Gasteiger partial charge >= 0.3 is 12.0 Å². The van der Waals surface area contributed by atoms with E-state index in [-0.39, 0.29) is 6.54 Å². The molecule has 4 N–H and O–H groups in total. The number of aliphatic carboxylic acids is 1. The molecule has 0 saturated carbocycles. The van der Waals surface area contributed by atoms with E-state index < -0.39 is 34.3 Å². The molecule has 116 valence electrons. The van der Waals surface area contributed by atoms with E-state index in [1.165, 1.54) is 24.3 Å². The molecule has 1 aromatic carbocycles. The van der Waals surface area contributed by atoms with Gasteiger partial charge < -0.3 is 10.4 Å². The average Bonchev–Trinajstić information content (AvgIpc) is 2.35. The smallest absolute Gasteiger partial charge is 0.323 e. The van der Waals surface area contributed by atoms with E-state index in [1.807, 2.05) is 0 Å². The molecule has 0 spiro atoms. The minimum atomic E-state index is -3.71. The first-order chi connectivity index (χ1) is 9.69. The SMILES string of the molecule is NS(=O)(=O)CCNC(=O)N(CC(=O)O)c1ccc(Cl)cc1. The lowest BCUT2D eigenvalue weighted by atomic mass is 10.3. The van der Waals surface area contributed by atoms with Crippen LogP contribution in [-0.2, 0) is 14.8 Å². The number of amides is 2. The minimum Gasteiger partial charge on any atom is -0.480 e. The van der Waals surface area contributed by atoms with Crippen molar-refractivity contribution in [3.05, 3.63) is 29.3 Å². The van der Waals surface area contributed by atoms with Crippen LogP contribution in [0.1, 0.15) is 0 Å². The summed E-state index contributed by atoms with van der Waals surface area (Å²) in [5.74, 6) is -1.66. The Bertz CT molecular complexity index is 617. The van der Waals surface area contributed by atoms with Crippen LogP contribution in [0.2, 0.25) is 5.02 Å². The number of carboxylic acids is 1. The predicted octanol–water partition coefficient (Wildman–Crippen LogP) is 0.229. The summed E-state index contributed by atoms with van der Waals surface area (Å²) in [7, 11) is -3.71. The van der Waals surface area contributed by atoms with Gasteiger partial charge in [0.1, 0.15) is 6.54 Å². The number of urea groups is 1. The fraction of sp³-hybridized carbons (Fsp3) is 0.273. The van der Waals surface area contributed by atoms with Crippen molar-refractivity contribution < 1.29 is 23.1 Å². The van der Waals surface area contributed by atoms with Crippen LogP contribution in [0.25, 0.3) is 0 Å². The average molecular weight is 336 g/mol. The highest BCUT2D eigenvalue weighted by Crippen LogP contribution is 2.18. The highest BCUT2D eigenvalue weighted by Gasteiger charge is 2.19. The number of rotatable bonds is 6. The molecule has 0 unspecified atom stereocenters. The van der Waals surface area contributed by atoms with Crippen molar-refractivity contribution in [1.82, 2.24) is 5.32 Å². The van der Waals surface area contributed by atoms with Gasteiger partial charge in [0, 0.05) is 17.3 Å². The number of nitrogens with zero attached hydrogens (tertiary/aromatic N) is 1. The topological polar surface area (TPSA) is 130 Å². The molecule has 0 bridgehead atoms. The van der Waals surface area contributed by atoms with Crippen molar-refractivity contribution >= 4 is 39.3 Å². The third-order valence-corrected chi connectivity index (χ3v) is 3.36. The van der Waals surface area contributed by atoms with E-state index in [9.17, 15) is 18.0 Å². The van der Waals surface area contributed by atoms with Gasteiger partial charge in [-0.25, -0.2) is 18.4 Å². The van der Waals surface area contributed by atoms with Gasteiger partial charge in [0.2, 0.25) is 10.0 Å². The lowest BCUT2D eigenvalue weighted by Gasteiger charge is -2.21. The Morgan fingerprint density at radius 2 is 1.86 bits per heavy atom. The Morgan fingerprint density at radius 3 is 2.33 bits per heavy atom. The maximum atomic E-state index is 11.9. The number of hydrogen-bond acceptors (Lipinski definition) is 4. The number of anilines is 1. The molecule has 21 heavy (non-hydrogen) atoms. The number of carbonyl (C=O) groups excluding carboxylic acids is 1. The van der Waals surface area contributed by atoms with Gasteiger partial charge in [-0.15, -0.1) is 0 Å². The number of benzene rings is 1. The zero-order chi connectivity index (χ0) is 16.0. The maximum Gasteiger partial charge on any atom is 0.323 e. The van der Waals surface area contributed by atoms with E-state index in [0.29, 0.717) is 10.7 Å². The number of carbonyl (C=O) groups is 2. The van der Waals surface area contributed by atoms with Crippen LogP contribution in [0, 0.1) is 0 Å². The highest BCUT2D eigenvalue weighted by molar-refractivity contribution is 7.89. The number of nitrogens with two attached hydrogens (primary N) is 1. The zero-order valence-corrected chi connectivity index (χ0v) is 12.4. The number of halogens is 1. The summed E-state index contributed by atoms with van der Waals surface area (Å²) in [6, 6.07) is 5.21. The number of sulfonamides is 1. The number of hydrogen-bond donors (Lipinski definition) is 3. The van der Waals surface area contributed by atoms with E-state index in [1.54, 1.807) is 0 Å². The fourth-order valence-corrected chi connectivity index (χ4v) is 1.94. The molecule has 0 fully saturated rings. The Labute approximate surface area is 126 Å². The highest BCUT2D eigenvalue weighted by atomic mass is 35.5. The second-order valence-electron chi connectivity index (χ2n) is 4.06. The van der Waals surface area contributed by atoms with Crippen molar-refractivity contribution in [2.75, 3.05) is 23.7 Å². The lowest BCUT2D eigenvalue weighted by molar-refractivity contribution is -0.135.